The van der Waals surface area contributed by atoms with Gasteiger partial charge in [0.25, 0.3) is 0 Å². The summed E-state index contributed by atoms with van der Waals surface area (Å²) in [7, 11) is 0. The molecular formula is C17H27N3O2S. The fourth-order valence-corrected chi connectivity index (χ4v) is 4.15. The van der Waals surface area contributed by atoms with Crippen LogP contribution in [0.1, 0.15) is 48.0 Å². The highest BCUT2D eigenvalue weighted by atomic mass is 32.1. The molecule has 0 spiro atoms. The number of aryl methyl sites for hydroxylation is 2. The molecule has 0 aliphatic carbocycles. The quantitative estimate of drug-likeness (QED) is 0.887. The van der Waals surface area contributed by atoms with E-state index in [1.807, 2.05) is 13.8 Å². The molecule has 1 aliphatic heterocycles. The summed E-state index contributed by atoms with van der Waals surface area (Å²) in [5.41, 5.74) is 1.18. The zero-order valence-corrected chi connectivity index (χ0v) is 15.3. The molecule has 5 nitrogen and oxygen atoms in total. The third kappa shape index (κ3) is 4.47. The van der Waals surface area contributed by atoms with Crippen LogP contribution in [0.2, 0.25) is 0 Å². The molecule has 0 bridgehead atoms. The minimum absolute atomic E-state index is 0.0164. The number of hydrogen-bond acceptors (Lipinski definition) is 3. The molecule has 1 aliphatic rings. The Morgan fingerprint density at radius 2 is 2.17 bits per heavy atom. The molecule has 0 aromatic carbocycles. The number of nitrogens with one attached hydrogen (secondary N) is 2. The summed E-state index contributed by atoms with van der Waals surface area (Å²) >= 11 is 1.75. The van der Waals surface area contributed by atoms with Crippen molar-refractivity contribution in [1.82, 2.24) is 15.5 Å². The highest BCUT2D eigenvalue weighted by Gasteiger charge is 2.28. The summed E-state index contributed by atoms with van der Waals surface area (Å²) in [6.45, 7) is 9.95. The van der Waals surface area contributed by atoms with Crippen molar-refractivity contribution in [3.63, 3.8) is 0 Å². The van der Waals surface area contributed by atoms with Gasteiger partial charge in [0, 0.05) is 29.4 Å². The molecule has 1 fully saturated rings. The van der Waals surface area contributed by atoms with Crippen molar-refractivity contribution in [2.75, 3.05) is 19.6 Å². The average molecular weight is 337 g/mol. The Balaban J connectivity index is 1.94. The summed E-state index contributed by atoms with van der Waals surface area (Å²) in [5.74, 6) is -0.0303. The summed E-state index contributed by atoms with van der Waals surface area (Å²) in [6, 6.07) is 2.05. The van der Waals surface area contributed by atoms with E-state index >= 15 is 0 Å². The Morgan fingerprint density at radius 3 is 2.78 bits per heavy atom. The number of amides is 3. The molecule has 1 aromatic heterocycles. The molecule has 1 saturated heterocycles. The monoisotopic (exact) mass is 337 g/mol. The van der Waals surface area contributed by atoms with Crippen molar-refractivity contribution in [2.24, 2.45) is 5.92 Å². The van der Waals surface area contributed by atoms with Crippen molar-refractivity contribution in [3.8, 4) is 0 Å². The zero-order chi connectivity index (χ0) is 17.0. The molecule has 23 heavy (non-hydrogen) atoms. The van der Waals surface area contributed by atoms with E-state index in [0.717, 1.165) is 19.4 Å². The third-order valence-electron chi connectivity index (χ3n) is 4.32. The summed E-state index contributed by atoms with van der Waals surface area (Å²) in [4.78, 5) is 28.8. The number of hydrogen-bond donors (Lipinski definition) is 2. The molecule has 2 N–H and O–H groups in total. The van der Waals surface area contributed by atoms with E-state index in [2.05, 4.69) is 30.5 Å². The molecule has 0 saturated carbocycles. The lowest BCUT2D eigenvalue weighted by Crippen LogP contribution is -2.49. The van der Waals surface area contributed by atoms with Crippen LogP contribution in [0.4, 0.5) is 4.79 Å². The Kier molecular flexibility index (Phi) is 6.04. The van der Waals surface area contributed by atoms with Gasteiger partial charge in [-0.2, -0.15) is 0 Å². The number of urea groups is 1. The number of likely N-dealkylation sites (tertiary alicyclic amines) is 1. The lowest BCUT2D eigenvalue weighted by atomic mass is 9.97. The van der Waals surface area contributed by atoms with Gasteiger partial charge in [-0.1, -0.05) is 0 Å². The van der Waals surface area contributed by atoms with E-state index < -0.39 is 0 Å². The molecular weight excluding hydrogens is 310 g/mol. The van der Waals surface area contributed by atoms with Gasteiger partial charge in [0.2, 0.25) is 5.91 Å². The van der Waals surface area contributed by atoms with E-state index in [1.165, 1.54) is 15.3 Å². The van der Waals surface area contributed by atoms with Crippen LogP contribution in [0.3, 0.4) is 0 Å². The molecule has 3 amide bonds. The SMILES string of the molecule is CCNC(=O)[C@@H]1CCCN(C(=O)N[C@H](C)c2cc(C)sc2C)C1. The van der Waals surface area contributed by atoms with E-state index in [9.17, 15) is 9.59 Å². The van der Waals surface area contributed by atoms with Crippen LogP contribution in [0.15, 0.2) is 6.07 Å². The maximum Gasteiger partial charge on any atom is 0.317 e. The predicted molar refractivity (Wildman–Crippen MR) is 93.7 cm³/mol. The van der Waals surface area contributed by atoms with Crippen molar-refractivity contribution < 1.29 is 9.59 Å². The molecule has 6 heteroatoms. The topological polar surface area (TPSA) is 61.4 Å². The van der Waals surface area contributed by atoms with Gasteiger partial charge in [-0.05, 0) is 52.2 Å². The van der Waals surface area contributed by atoms with Gasteiger partial charge in [-0.25, -0.2) is 4.79 Å². The van der Waals surface area contributed by atoms with Crippen LogP contribution in [-0.2, 0) is 4.79 Å². The van der Waals surface area contributed by atoms with Gasteiger partial charge in [-0.15, -0.1) is 11.3 Å². The molecule has 1 aromatic rings. The number of rotatable bonds is 4. The van der Waals surface area contributed by atoms with Crippen molar-refractivity contribution >= 4 is 23.3 Å². The van der Waals surface area contributed by atoms with Gasteiger partial charge < -0.3 is 15.5 Å². The Hall–Kier alpha value is -1.56. The van der Waals surface area contributed by atoms with Crippen molar-refractivity contribution in [1.29, 1.82) is 0 Å². The predicted octanol–water partition coefficient (Wildman–Crippen LogP) is 2.98. The van der Waals surface area contributed by atoms with Crippen LogP contribution in [0.5, 0.6) is 0 Å². The first kappa shape index (κ1) is 17.8. The first-order valence-corrected chi connectivity index (χ1v) is 9.14. The lowest BCUT2D eigenvalue weighted by molar-refractivity contribution is -0.126. The maximum absolute atomic E-state index is 12.5. The number of carbonyl (C=O) groups is 2. The van der Waals surface area contributed by atoms with Crippen molar-refractivity contribution in [3.05, 3.63) is 21.4 Å². The summed E-state index contributed by atoms with van der Waals surface area (Å²) < 4.78 is 0. The smallest absolute Gasteiger partial charge is 0.317 e. The number of thiophene rings is 1. The van der Waals surface area contributed by atoms with Crippen LogP contribution < -0.4 is 10.6 Å². The summed E-state index contributed by atoms with van der Waals surface area (Å²) in [6.07, 6.45) is 1.73. The average Bonchev–Trinajstić information content (AvgIpc) is 2.86. The Morgan fingerprint density at radius 1 is 1.43 bits per heavy atom. The number of piperidine rings is 1. The van der Waals surface area contributed by atoms with Crippen LogP contribution in [0, 0.1) is 19.8 Å². The number of nitrogens with zero attached hydrogens (tertiary/aromatic N) is 1. The fourth-order valence-electron chi connectivity index (χ4n) is 3.13. The number of carbonyl (C=O) groups excluding carboxylic acids is 2. The van der Waals surface area contributed by atoms with E-state index in [4.69, 9.17) is 0 Å². The maximum atomic E-state index is 12.5. The highest BCUT2D eigenvalue weighted by molar-refractivity contribution is 7.12. The van der Waals surface area contributed by atoms with E-state index in [1.54, 1.807) is 16.2 Å². The largest absolute Gasteiger partial charge is 0.356 e. The second-order valence-electron chi connectivity index (χ2n) is 6.22. The van der Waals surface area contributed by atoms with Gasteiger partial charge >= 0.3 is 6.03 Å². The Bertz CT molecular complexity index is 570. The van der Waals surface area contributed by atoms with Crippen LogP contribution in [0.25, 0.3) is 0 Å². The van der Waals surface area contributed by atoms with Crippen LogP contribution in [-0.4, -0.2) is 36.5 Å². The molecule has 2 atom stereocenters. The first-order valence-electron chi connectivity index (χ1n) is 8.32. The normalized spacial score (nSPS) is 19.3. The van der Waals surface area contributed by atoms with Crippen molar-refractivity contribution in [2.45, 2.75) is 46.6 Å². The minimum Gasteiger partial charge on any atom is -0.356 e. The van der Waals surface area contributed by atoms with Gasteiger partial charge in [0.15, 0.2) is 0 Å². The third-order valence-corrected chi connectivity index (χ3v) is 5.30. The second-order valence-corrected chi connectivity index (χ2v) is 7.68. The molecule has 0 unspecified atom stereocenters. The minimum atomic E-state index is -0.0881. The fraction of sp³-hybridized carbons (Fsp3) is 0.647. The van der Waals surface area contributed by atoms with Gasteiger partial charge in [-0.3, -0.25) is 4.79 Å². The molecule has 2 rings (SSSR count). The lowest BCUT2D eigenvalue weighted by Gasteiger charge is -2.33. The van der Waals surface area contributed by atoms with Gasteiger partial charge in [0.1, 0.15) is 0 Å². The van der Waals surface area contributed by atoms with E-state index in [0.29, 0.717) is 13.1 Å². The summed E-state index contributed by atoms with van der Waals surface area (Å²) in [5, 5.41) is 5.93. The standard InChI is InChI=1S/C17H27N3O2S/c1-5-18-16(21)14-7-6-8-20(10-14)17(22)19-12(3)15-9-11(2)23-13(15)4/h9,12,14H,5-8,10H2,1-4H3,(H,18,21)(H,19,22)/t12-,14-/m1/s1. The zero-order valence-electron chi connectivity index (χ0n) is 14.4. The highest BCUT2D eigenvalue weighted by Crippen LogP contribution is 2.26. The molecule has 128 valence electrons. The molecule has 2 heterocycles. The van der Waals surface area contributed by atoms with Gasteiger partial charge in [0.05, 0.1) is 12.0 Å². The van der Waals surface area contributed by atoms with E-state index in [-0.39, 0.29) is 23.9 Å². The first-order chi connectivity index (χ1) is 10.9. The molecule has 0 radical (unpaired) electrons. The second kappa shape index (κ2) is 7.81. The van der Waals surface area contributed by atoms with Crippen LogP contribution >= 0.6 is 11.3 Å². The Labute approximate surface area is 142 Å².